The summed E-state index contributed by atoms with van der Waals surface area (Å²) in [6.07, 6.45) is 1.96. The maximum atomic E-state index is 12.9. The minimum atomic E-state index is -0.382. The molecule has 0 saturated heterocycles. The van der Waals surface area contributed by atoms with Gasteiger partial charge >= 0.3 is 5.69 Å². The molecule has 0 atom stereocenters. The quantitative estimate of drug-likeness (QED) is 0.511. The topological polar surface area (TPSA) is 66.2 Å². The minimum absolute atomic E-state index is 0.169. The van der Waals surface area contributed by atoms with Crippen LogP contribution >= 0.6 is 0 Å². The summed E-state index contributed by atoms with van der Waals surface area (Å²) in [6, 6.07) is 6.28. The third-order valence-corrected chi connectivity index (χ3v) is 5.48. The molecule has 28 heavy (non-hydrogen) atoms. The van der Waals surface area contributed by atoms with E-state index < -0.39 is 0 Å². The van der Waals surface area contributed by atoms with Crippen LogP contribution in [0, 0.1) is 13.8 Å². The molecule has 4 rings (SSSR count). The molecule has 7 heteroatoms. The Kier molecular flexibility index (Phi) is 3.72. The van der Waals surface area contributed by atoms with Gasteiger partial charge in [0.25, 0.3) is 5.56 Å². The molecule has 1 aromatic carbocycles. The smallest absolute Gasteiger partial charge is 0.282 e. The van der Waals surface area contributed by atoms with E-state index in [9.17, 15) is 9.59 Å². The van der Waals surface area contributed by atoms with Crippen LogP contribution in [0.2, 0.25) is 0 Å². The average molecular weight is 379 g/mol. The van der Waals surface area contributed by atoms with Crippen molar-refractivity contribution in [1.29, 1.82) is 0 Å². The van der Waals surface area contributed by atoms with Gasteiger partial charge in [-0.2, -0.15) is 4.98 Å². The summed E-state index contributed by atoms with van der Waals surface area (Å²) >= 11 is 0. The molecule has 0 aliphatic carbocycles. The van der Waals surface area contributed by atoms with Gasteiger partial charge in [0.05, 0.1) is 0 Å². The molecule has 4 aromatic rings. The van der Waals surface area contributed by atoms with Crippen LogP contribution in [0.15, 0.2) is 34.0 Å². The first kappa shape index (κ1) is 18.3. The fraction of sp³-hybridized carbons (Fsp3) is 0.381. The first-order valence-corrected chi connectivity index (χ1v) is 9.30. The largest absolute Gasteiger partial charge is 0.332 e. The summed E-state index contributed by atoms with van der Waals surface area (Å²) in [6.45, 7) is 10.6. The Balaban J connectivity index is 2.23. The van der Waals surface area contributed by atoms with Crippen LogP contribution in [0.4, 0.5) is 0 Å². The lowest BCUT2D eigenvalue weighted by atomic mass is 9.92. The fourth-order valence-corrected chi connectivity index (χ4v) is 3.62. The van der Waals surface area contributed by atoms with E-state index in [-0.39, 0.29) is 16.7 Å². The number of benzene rings is 1. The SMILES string of the molecule is Cc1ccc(-n2c(C(C)(C)C)cn3c4c(=O)n(C)c(=O)n(C)c4nc23)cc1C. The highest BCUT2D eigenvalue weighted by atomic mass is 16.2. The number of aromatic nitrogens is 5. The molecule has 0 bridgehead atoms. The zero-order valence-electron chi connectivity index (χ0n) is 17.4. The van der Waals surface area contributed by atoms with Gasteiger partial charge in [0, 0.05) is 37.1 Å². The third kappa shape index (κ3) is 2.38. The monoisotopic (exact) mass is 379 g/mol. The van der Waals surface area contributed by atoms with Gasteiger partial charge in [-0.1, -0.05) is 26.8 Å². The zero-order valence-corrected chi connectivity index (χ0v) is 17.4. The molecule has 3 aromatic heterocycles. The van der Waals surface area contributed by atoms with Crippen LogP contribution < -0.4 is 11.2 Å². The van der Waals surface area contributed by atoms with E-state index in [4.69, 9.17) is 4.98 Å². The second kappa shape index (κ2) is 5.70. The van der Waals surface area contributed by atoms with Crippen molar-refractivity contribution < 1.29 is 0 Å². The molecule has 0 radical (unpaired) electrons. The molecule has 146 valence electrons. The van der Waals surface area contributed by atoms with E-state index in [0.29, 0.717) is 16.9 Å². The Morgan fingerprint density at radius 2 is 1.64 bits per heavy atom. The van der Waals surface area contributed by atoms with E-state index in [0.717, 1.165) is 15.9 Å². The van der Waals surface area contributed by atoms with E-state index in [2.05, 4.69) is 57.4 Å². The lowest BCUT2D eigenvalue weighted by molar-refractivity contribution is 0.558. The molecule has 0 spiro atoms. The Hall–Kier alpha value is -3.09. The third-order valence-electron chi connectivity index (χ3n) is 5.48. The normalized spacial score (nSPS) is 12.4. The van der Waals surface area contributed by atoms with Gasteiger partial charge in [-0.3, -0.25) is 22.9 Å². The fourth-order valence-electron chi connectivity index (χ4n) is 3.62. The summed E-state index contributed by atoms with van der Waals surface area (Å²) in [5.74, 6) is 0.626. The lowest BCUT2D eigenvalue weighted by Crippen LogP contribution is -2.37. The van der Waals surface area contributed by atoms with Gasteiger partial charge in [0.1, 0.15) is 0 Å². The van der Waals surface area contributed by atoms with Crippen molar-refractivity contribution in [1.82, 2.24) is 23.1 Å². The van der Waals surface area contributed by atoms with Crippen LogP contribution in [-0.2, 0) is 19.5 Å². The summed E-state index contributed by atoms with van der Waals surface area (Å²) in [4.78, 5) is 29.9. The average Bonchev–Trinajstić information content (AvgIpc) is 3.16. The van der Waals surface area contributed by atoms with Gasteiger partial charge in [-0.05, 0) is 37.1 Å². The maximum Gasteiger partial charge on any atom is 0.332 e. The molecule has 0 aliphatic heterocycles. The zero-order chi connectivity index (χ0) is 20.5. The first-order valence-electron chi connectivity index (χ1n) is 9.30. The summed E-state index contributed by atoms with van der Waals surface area (Å²) < 4.78 is 6.44. The summed E-state index contributed by atoms with van der Waals surface area (Å²) in [5, 5.41) is 0. The van der Waals surface area contributed by atoms with Gasteiger partial charge in [-0.15, -0.1) is 0 Å². The van der Waals surface area contributed by atoms with Crippen LogP contribution in [0.25, 0.3) is 22.6 Å². The number of hydrogen-bond donors (Lipinski definition) is 0. The highest BCUT2D eigenvalue weighted by Gasteiger charge is 2.26. The Morgan fingerprint density at radius 3 is 2.25 bits per heavy atom. The van der Waals surface area contributed by atoms with Crippen molar-refractivity contribution in [2.75, 3.05) is 0 Å². The summed E-state index contributed by atoms with van der Waals surface area (Å²) in [7, 11) is 3.13. The molecular weight excluding hydrogens is 354 g/mol. The molecule has 3 heterocycles. The molecule has 7 nitrogen and oxygen atoms in total. The Morgan fingerprint density at radius 1 is 0.964 bits per heavy atom. The van der Waals surface area contributed by atoms with E-state index in [1.54, 1.807) is 7.05 Å². The van der Waals surface area contributed by atoms with Crippen LogP contribution in [0.3, 0.4) is 0 Å². The van der Waals surface area contributed by atoms with Crippen molar-refractivity contribution >= 4 is 16.9 Å². The Bertz CT molecular complexity index is 1370. The van der Waals surface area contributed by atoms with E-state index >= 15 is 0 Å². The standard InChI is InChI=1S/C21H25N5O2/c1-12-8-9-14(10-13(12)2)26-15(21(3,4)5)11-25-16-17(22-19(25)26)23(6)20(28)24(7)18(16)27/h8-11H,1-7H3. The number of aryl methyl sites for hydroxylation is 3. The number of hydrogen-bond acceptors (Lipinski definition) is 3. The van der Waals surface area contributed by atoms with Crippen molar-refractivity contribution in [3.05, 3.63) is 62.1 Å². The second-order valence-corrected chi connectivity index (χ2v) is 8.53. The summed E-state index contributed by atoms with van der Waals surface area (Å²) in [5.41, 5.74) is 4.33. The first-order chi connectivity index (χ1) is 13.0. The maximum absolute atomic E-state index is 12.9. The Labute approximate surface area is 162 Å². The number of nitrogens with zero attached hydrogens (tertiary/aromatic N) is 5. The van der Waals surface area contributed by atoms with Crippen molar-refractivity contribution in [2.45, 2.75) is 40.0 Å². The number of fused-ring (bicyclic) bond motifs is 3. The van der Waals surface area contributed by atoms with Crippen molar-refractivity contribution in [3.8, 4) is 5.69 Å². The van der Waals surface area contributed by atoms with Crippen molar-refractivity contribution in [2.24, 2.45) is 14.1 Å². The molecule has 0 N–H and O–H groups in total. The predicted octanol–water partition coefficient (Wildman–Crippen LogP) is 2.59. The second-order valence-electron chi connectivity index (χ2n) is 8.53. The highest BCUT2D eigenvalue weighted by molar-refractivity contribution is 5.76. The van der Waals surface area contributed by atoms with E-state index in [1.807, 2.05) is 10.6 Å². The molecule has 0 unspecified atom stereocenters. The van der Waals surface area contributed by atoms with Crippen LogP contribution in [0.5, 0.6) is 0 Å². The molecular formula is C21H25N5O2. The highest BCUT2D eigenvalue weighted by Crippen LogP contribution is 2.30. The van der Waals surface area contributed by atoms with Crippen molar-refractivity contribution in [3.63, 3.8) is 0 Å². The molecule has 0 aliphatic rings. The van der Waals surface area contributed by atoms with Gasteiger partial charge in [-0.25, -0.2) is 4.79 Å². The van der Waals surface area contributed by atoms with Gasteiger partial charge in [0.15, 0.2) is 11.2 Å². The molecule has 0 amide bonds. The van der Waals surface area contributed by atoms with Crippen LogP contribution in [0.1, 0.15) is 37.6 Å². The van der Waals surface area contributed by atoms with Crippen LogP contribution in [-0.4, -0.2) is 23.1 Å². The minimum Gasteiger partial charge on any atom is -0.282 e. The molecule has 0 fully saturated rings. The van der Waals surface area contributed by atoms with Gasteiger partial charge < -0.3 is 0 Å². The number of rotatable bonds is 1. The number of imidazole rings is 2. The van der Waals surface area contributed by atoms with Gasteiger partial charge in [0.2, 0.25) is 5.78 Å². The molecule has 0 saturated carbocycles. The predicted molar refractivity (Wildman–Crippen MR) is 111 cm³/mol. The lowest BCUT2D eigenvalue weighted by Gasteiger charge is -2.21. The van der Waals surface area contributed by atoms with E-state index in [1.165, 1.54) is 22.7 Å².